The van der Waals surface area contributed by atoms with Gasteiger partial charge < -0.3 is 29.0 Å². The molecular weight excluding hydrogens is 541 g/mol. The molecule has 2 heterocycles. The molecule has 1 amide bonds. The molecule has 226 valence electrons. The number of imidazole rings is 1. The Morgan fingerprint density at radius 2 is 1.79 bits per heavy atom. The van der Waals surface area contributed by atoms with E-state index in [4.69, 9.17) is 14.2 Å². The summed E-state index contributed by atoms with van der Waals surface area (Å²) in [7, 11) is 0. The molecule has 9 nitrogen and oxygen atoms in total. The third kappa shape index (κ3) is 7.36. The van der Waals surface area contributed by atoms with E-state index >= 15 is 4.39 Å². The highest BCUT2D eigenvalue weighted by atomic mass is 19.1. The summed E-state index contributed by atoms with van der Waals surface area (Å²) in [5.41, 5.74) is 0.757. The van der Waals surface area contributed by atoms with Crippen molar-refractivity contribution in [3.05, 3.63) is 78.4 Å². The predicted molar refractivity (Wildman–Crippen MR) is 157 cm³/mol. The lowest BCUT2D eigenvalue weighted by Crippen LogP contribution is -2.51. The number of amides is 1. The van der Waals surface area contributed by atoms with E-state index in [1.165, 1.54) is 12.3 Å². The van der Waals surface area contributed by atoms with Crippen molar-refractivity contribution < 1.29 is 33.6 Å². The smallest absolute Gasteiger partial charge is 0.413 e. The van der Waals surface area contributed by atoms with E-state index in [0.29, 0.717) is 23.7 Å². The topological polar surface area (TPSA) is 106 Å². The van der Waals surface area contributed by atoms with E-state index in [-0.39, 0.29) is 19.3 Å². The van der Waals surface area contributed by atoms with Crippen LogP contribution in [0.1, 0.15) is 65.1 Å². The summed E-state index contributed by atoms with van der Waals surface area (Å²) in [4.78, 5) is 18.5. The Bertz CT molecular complexity index is 1380. The summed E-state index contributed by atoms with van der Waals surface area (Å²) in [6.45, 7) is 10.9. The number of ether oxygens (including phenoxy) is 3. The van der Waals surface area contributed by atoms with Gasteiger partial charge in [-0.15, -0.1) is 0 Å². The van der Waals surface area contributed by atoms with Gasteiger partial charge in [0.25, 0.3) is 0 Å². The van der Waals surface area contributed by atoms with Gasteiger partial charge in [-0.3, -0.25) is 4.90 Å². The third-order valence-corrected chi connectivity index (χ3v) is 6.91. The number of carbonyl (C=O) groups excluding carboxylic acids is 1. The van der Waals surface area contributed by atoms with E-state index < -0.39 is 35.4 Å². The van der Waals surface area contributed by atoms with Crippen molar-refractivity contribution in [1.82, 2.24) is 14.5 Å². The molecule has 1 fully saturated rings. The highest BCUT2D eigenvalue weighted by molar-refractivity contribution is 5.70. The van der Waals surface area contributed by atoms with Gasteiger partial charge in [-0.25, -0.2) is 14.2 Å². The lowest BCUT2D eigenvalue weighted by atomic mass is 10.0. The quantitative estimate of drug-likeness (QED) is 0.324. The second kappa shape index (κ2) is 12.6. The van der Waals surface area contributed by atoms with Crippen molar-refractivity contribution in [3.8, 4) is 16.9 Å². The van der Waals surface area contributed by atoms with E-state index in [1.807, 2.05) is 71.0 Å². The highest BCUT2D eigenvalue weighted by Crippen LogP contribution is 2.31. The number of aliphatic hydroxyl groups is 2. The fourth-order valence-corrected chi connectivity index (χ4v) is 4.86. The molecule has 0 radical (unpaired) electrons. The van der Waals surface area contributed by atoms with Gasteiger partial charge in [-0.05, 0) is 70.9 Å². The molecule has 0 aliphatic carbocycles. The number of rotatable bonds is 9. The first-order chi connectivity index (χ1) is 19.8. The Balaban J connectivity index is 1.40. The van der Waals surface area contributed by atoms with Gasteiger partial charge in [0.15, 0.2) is 0 Å². The number of benzene rings is 2. The van der Waals surface area contributed by atoms with Gasteiger partial charge in [0.2, 0.25) is 0 Å². The Morgan fingerprint density at radius 1 is 1.17 bits per heavy atom. The van der Waals surface area contributed by atoms with E-state index in [0.717, 1.165) is 11.1 Å². The molecule has 3 unspecified atom stereocenters. The van der Waals surface area contributed by atoms with Gasteiger partial charge >= 0.3 is 6.09 Å². The molecule has 42 heavy (non-hydrogen) atoms. The molecule has 3 aromatic rings. The third-order valence-electron chi connectivity index (χ3n) is 6.91. The molecule has 1 aromatic heterocycles. The number of hydrogen-bond donors (Lipinski definition) is 2. The summed E-state index contributed by atoms with van der Waals surface area (Å²) in [6.07, 6.45) is 3.13. The summed E-state index contributed by atoms with van der Waals surface area (Å²) in [6, 6.07) is 13.5. The first kappa shape index (κ1) is 31.2. The number of carbonyl (C=O) groups is 1. The van der Waals surface area contributed by atoms with Crippen LogP contribution in [-0.2, 0) is 9.47 Å². The normalized spacial score (nSPS) is 18.5. The number of nitrogens with zero attached hydrogens (tertiary/aromatic N) is 3. The van der Waals surface area contributed by atoms with E-state index in [2.05, 4.69) is 4.98 Å². The molecule has 1 saturated heterocycles. The Kier molecular flexibility index (Phi) is 9.40. The number of hydrogen-bond acceptors (Lipinski definition) is 7. The van der Waals surface area contributed by atoms with Crippen molar-refractivity contribution in [1.29, 1.82) is 0 Å². The first-order valence-electron chi connectivity index (χ1n) is 14.0. The van der Waals surface area contributed by atoms with Crippen molar-refractivity contribution in [2.45, 2.75) is 71.1 Å². The minimum Gasteiger partial charge on any atom is -0.491 e. The zero-order valence-corrected chi connectivity index (χ0v) is 25.0. The summed E-state index contributed by atoms with van der Waals surface area (Å²) in [5, 5.41) is 19.7. The van der Waals surface area contributed by atoms with Crippen molar-refractivity contribution in [2.24, 2.45) is 0 Å². The molecule has 2 aromatic carbocycles. The van der Waals surface area contributed by atoms with Crippen LogP contribution in [0, 0.1) is 0 Å². The summed E-state index contributed by atoms with van der Waals surface area (Å²) in [5.74, 6) is 0.500. The summed E-state index contributed by atoms with van der Waals surface area (Å²) >= 11 is 0. The standard InChI is InChI=1S/C32H40FN3O6/c1-21(38)29-34-15-16-35(29)25(18-37)17-28(33)24-9-7-22(8-10-24)23-11-13-27(14-12-23)40-19-26-20-41-32(5,6)36(26)30(39)42-31(2,3)4/h7-17,21,25-26,37-38H,18-20H2,1-6H3/b28-17-. The molecule has 1 aliphatic rings. The van der Waals surface area contributed by atoms with Crippen LogP contribution in [-0.4, -0.2) is 67.9 Å². The first-order valence-corrected chi connectivity index (χ1v) is 14.0. The Hall–Kier alpha value is -3.73. The fourth-order valence-electron chi connectivity index (χ4n) is 4.86. The molecule has 10 heteroatoms. The van der Waals surface area contributed by atoms with E-state index in [9.17, 15) is 15.0 Å². The van der Waals surface area contributed by atoms with Gasteiger partial charge in [-0.2, -0.15) is 0 Å². The molecular formula is C32H40FN3O6. The van der Waals surface area contributed by atoms with Crippen LogP contribution >= 0.6 is 0 Å². The van der Waals surface area contributed by atoms with Crippen molar-refractivity contribution in [2.75, 3.05) is 19.8 Å². The lowest BCUT2D eigenvalue weighted by molar-refractivity contribution is -0.0637. The Labute approximate surface area is 246 Å². The van der Waals surface area contributed by atoms with Crippen molar-refractivity contribution >= 4 is 11.9 Å². The largest absolute Gasteiger partial charge is 0.491 e. The number of aromatic nitrogens is 2. The molecule has 3 atom stereocenters. The zero-order chi connectivity index (χ0) is 30.7. The maximum Gasteiger partial charge on any atom is 0.413 e. The average Bonchev–Trinajstić information content (AvgIpc) is 3.54. The summed E-state index contributed by atoms with van der Waals surface area (Å²) < 4.78 is 34.1. The van der Waals surface area contributed by atoms with Crippen LogP contribution in [0.25, 0.3) is 17.0 Å². The lowest BCUT2D eigenvalue weighted by Gasteiger charge is -2.35. The fraction of sp³-hybridized carbons (Fsp3) is 0.438. The van der Waals surface area contributed by atoms with E-state index in [1.54, 1.807) is 34.7 Å². The SMILES string of the molecule is CC(O)c1nccn1C(/C=C(\F)c1ccc(-c2ccc(OCC3COC(C)(C)N3C(=O)OC(C)(C)C)cc2)cc1)CO. The Morgan fingerprint density at radius 3 is 2.36 bits per heavy atom. The van der Waals surface area contributed by atoms with Crippen LogP contribution in [0.3, 0.4) is 0 Å². The number of aliphatic hydroxyl groups excluding tert-OH is 2. The molecule has 0 bridgehead atoms. The second-order valence-electron chi connectivity index (χ2n) is 11.8. The van der Waals surface area contributed by atoms with Crippen LogP contribution in [0.4, 0.5) is 9.18 Å². The predicted octanol–water partition coefficient (Wildman–Crippen LogP) is 5.90. The molecule has 0 spiro atoms. The van der Waals surface area contributed by atoms with Crippen molar-refractivity contribution in [3.63, 3.8) is 0 Å². The second-order valence-corrected chi connectivity index (χ2v) is 11.8. The molecule has 4 rings (SSSR count). The van der Waals surface area contributed by atoms with Gasteiger partial charge in [0.1, 0.15) is 41.4 Å². The van der Waals surface area contributed by atoms with Crippen LogP contribution in [0.2, 0.25) is 0 Å². The molecule has 2 N–H and O–H groups in total. The maximum atomic E-state index is 15.1. The van der Waals surface area contributed by atoms with Crippen LogP contribution in [0.15, 0.2) is 67.0 Å². The highest BCUT2D eigenvalue weighted by Gasteiger charge is 2.46. The van der Waals surface area contributed by atoms with Gasteiger partial charge in [0.05, 0.1) is 25.3 Å². The maximum absolute atomic E-state index is 15.1. The van der Waals surface area contributed by atoms with Gasteiger partial charge in [-0.1, -0.05) is 36.4 Å². The monoisotopic (exact) mass is 581 g/mol. The molecule has 1 aliphatic heterocycles. The van der Waals surface area contributed by atoms with Crippen LogP contribution in [0.5, 0.6) is 5.75 Å². The minimum absolute atomic E-state index is 0.245. The van der Waals surface area contributed by atoms with Gasteiger partial charge in [0, 0.05) is 18.0 Å². The average molecular weight is 582 g/mol. The zero-order valence-electron chi connectivity index (χ0n) is 25.0. The number of halogens is 1. The minimum atomic E-state index is -0.850. The molecule has 0 saturated carbocycles. The van der Waals surface area contributed by atoms with Crippen LogP contribution < -0.4 is 4.74 Å².